The summed E-state index contributed by atoms with van der Waals surface area (Å²) < 4.78 is 3.75. The van der Waals surface area contributed by atoms with Crippen LogP contribution in [0.5, 0.6) is 0 Å². The van der Waals surface area contributed by atoms with Crippen molar-refractivity contribution in [2.24, 2.45) is 0 Å². The molecule has 1 saturated carbocycles. The van der Waals surface area contributed by atoms with Gasteiger partial charge in [0.25, 0.3) is 5.91 Å². The Labute approximate surface area is 132 Å². The van der Waals surface area contributed by atoms with Gasteiger partial charge in [0.2, 0.25) is 5.91 Å². The predicted octanol–water partition coefficient (Wildman–Crippen LogP) is 1.92. The molecular formula is C15H16N4O2S. The number of aromatic nitrogens is 2. The van der Waals surface area contributed by atoms with Gasteiger partial charge in [-0.1, -0.05) is 16.6 Å². The normalized spacial score (nSPS) is 13.7. The van der Waals surface area contributed by atoms with E-state index in [4.69, 9.17) is 0 Å². The van der Waals surface area contributed by atoms with E-state index in [2.05, 4.69) is 20.2 Å². The smallest absolute Gasteiger partial charge is 0.269 e. The Morgan fingerprint density at radius 2 is 2.00 bits per heavy atom. The van der Waals surface area contributed by atoms with Crippen LogP contribution in [0.15, 0.2) is 24.3 Å². The van der Waals surface area contributed by atoms with Crippen LogP contribution in [0.4, 0.5) is 5.69 Å². The number of benzene rings is 1. The molecule has 0 saturated heterocycles. The minimum absolute atomic E-state index is 0.0469. The SMILES string of the molecule is Cc1nnsc1C(=O)Nc1ccc(CC(=O)NC2CC2)cc1. The van der Waals surface area contributed by atoms with Crippen molar-refractivity contribution in [3.05, 3.63) is 40.4 Å². The van der Waals surface area contributed by atoms with Crippen molar-refractivity contribution >= 4 is 29.0 Å². The second-order valence-corrected chi connectivity index (χ2v) is 6.11. The number of hydrogen-bond acceptors (Lipinski definition) is 5. The van der Waals surface area contributed by atoms with Gasteiger partial charge in [-0.15, -0.1) is 5.10 Å². The van der Waals surface area contributed by atoms with E-state index in [1.807, 2.05) is 12.1 Å². The van der Waals surface area contributed by atoms with Crippen LogP contribution in [0.3, 0.4) is 0 Å². The summed E-state index contributed by atoms with van der Waals surface area (Å²) in [5, 5.41) is 9.57. The molecule has 0 spiro atoms. The number of aryl methyl sites for hydroxylation is 1. The highest BCUT2D eigenvalue weighted by Crippen LogP contribution is 2.19. The molecule has 7 heteroatoms. The van der Waals surface area contributed by atoms with Gasteiger partial charge >= 0.3 is 0 Å². The third-order valence-corrected chi connectivity index (χ3v) is 4.20. The number of nitrogens with one attached hydrogen (secondary N) is 2. The topological polar surface area (TPSA) is 84.0 Å². The van der Waals surface area contributed by atoms with Gasteiger partial charge in [0.15, 0.2) is 0 Å². The molecule has 3 rings (SSSR count). The predicted molar refractivity (Wildman–Crippen MR) is 83.9 cm³/mol. The van der Waals surface area contributed by atoms with Crippen molar-refractivity contribution in [1.29, 1.82) is 0 Å². The largest absolute Gasteiger partial charge is 0.353 e. The molecule has 0 atom stereocenters. The fourth-order valence-corrected chi connectivity index (χ4v) is 2.58. The highest BCUT2D eigenvalue weighted by Gasteiger charge is 2.23. The Kier molecular flexibility index (Phi) is 4.15. The molecule has 2 amide bonds. The van der Waals surface area contributed by atoms with Gasteiger partial charge in [-0.05, 0) is 49.0 Å². The fourth-order valence-electron chi connectivity index (χ4n) is 2.03. The van der Waals surface area contributed by atoms with Crippen LogP contribution in [0.25, 0.3) is 0 Å². The first-order valence-electron chi connectivity index (χ1n) is 7.10. The summed E-state index contributed by atoms with van der Waals surface area (Å²) in [6, 6.07) is 7.66. The molecule has 1 fully saturated rings. The molecule has 22 heavy (non-hydrogen) atoms. The summed E-state index contributed by atoms with van der Waals surface area (Å²) in [6.07, 6.45) is 2.54. The van der Waals surface area contributed by atoms with E-state index in [9.17, 15) is 9.59 Å². The molecule has 6 nitrogen and oxygen atoms in total. The van der Waals surface area contributed by atoms with E-state index in [0.29, 0.717) is 28.7 Å². The van der Waals surface area contributed by atoms with Crippen LogP contribution in [0, 0.1) is 6.92 Å². The zero-order valence-corrected chi connectivity index (χ0v) is 12.9. The summed E-state index contributed by atoms with van der Waals surface area (Å²) >= 11 is 1.07. The standard InChI is InChI=1S/C15H16N4O2S/c1-9-14(22-19-18-9)15(21)17-12-4-2-10(3-5-12)8-13(20)16-11-6-7-11/h2-5,11H,6-8H2,1H3,(H,16,20)(H,17,21). The van der Waals surface area contributed by atoms with Crippen LogP contribution >= 0.6 is 11.5 Å². The Morgan fingerprint density at radius 1 is 1.27 bits per heavy atom. The lowest BCUT2D eigenvalue weighted by Crippen LogP contribution is -2.26. The van der Waals surface area contributed by atoms with E-state index in [1.54, 1.807) is 19.1 Å². The summed E-state index contributed by atoms with van der Waals surface area (Å²) in [5.74, 6) is -0.169. The number of rotatable bonds is 5. The third-order valence-electron chi connectivity index (χ3n) is 3.38. The van der Waals surface area contributed by atoms with Gasteiger partial charge < -0.3 is 10.6 Å². The molecule has 1 heterocycles. The molecule has 0 bridgehead atoms. The average Bonchev–Trinajstić information content (AvgIpc) is 3.19. The molecule has 0 radical (unpaired) electrons. The van der Waals surface area contributed by atoms with Crippen LogP contribution in [0.2, 0.25) is 0 Å². The monoisotopic (exact) mass is 316 g/mol. The minimum Gasteiger partial charge on any atom is -0.353 e. The van der Waals surface area contributed by atoms with Crippen LogP contribution < -0.4 is 10.6 Å². The summed E-state index contributed by atoms with van der Waals surface area (Å²) in [7, 11) is 0. The van der Waals surface area contributed by atoms with Crippen molar-refractivity contribution in [2.45, 2.75) is 32.2 Å². The first kappa shape index (κ1) is 14.6. The Balaban J connectivity index is 1.58. The zero-order valence-electron chi connectivity index (χ0n) is 12.1. The second kappa shape index (κ2) is 6.23. The maximum absolute atomic E-state index is 12.0. The first-order valence-corrected chi connectivity index (χ1v) is 7.88. The fraction of sp³-hybridized carbons (Fsp3) is 0.333. The van der Waals surface area contributed by atoms with Gasteiger partial charge in [-0.25, -0.2) is 0 Å². The van der Waals surface area contributed by atoms with Gasteiger partial charge in [0, 0.05) is 11.7 Å². The number of nitrogens with zero attached hydrogens (tertiary/aromatic N) is 2. The van der Waals surface area contributed by atoms with Crippen molar-refractivity contribution in [1.82, 2.24) is 14.9 Å². The minimum atomic E-state index is -0.216. The van der Waals surface area contributed by atoms with Crippen molar-refractivity contribution in [3.8, 4) is 0 Å². The molecule has 1 aromatic heterocycles. The molecule has 0 aliphatic heterocycles. The quantitative estimate of drug-likeness (QED) is 0.882. The third kappa shape index (κ3) is 3.67. The van der Waals surface area contributed by atoms with Crippen molar-refractivity contribution in [2.75, 3.05) is 5.32 Å². The Morgan fingerprint density at radius 3 is 2.59 bits per heavy atom. The molecule has 1 aromatic carbocycles. The summed E-state index contributed by atoms with van der Waals surface area (Å²) in [4.78, 5) is 24.3. The molecule has 0 unspecified atom stereocenters. The highest BCUT2D eigenvalue weighted by molar-refractivity contribution is 7.08. The Bertz CT molecular complexity index is 692. The van der Waals surface area contributed by atoms with E-state index in [1.165, 1.54) is 0 Å². The van der Waals surface area contributed by atoms with Crippen LogP contribution in [-0.2, 0) is 11.2 Å². The van der Waals surface area contributed by atoms with E-state index in [0.717, 1.165) is 29.9 Å². The van der Waals surface area contributed by atoms with Crippen LogP contribution in [0.1, 0.15) is 33.8 Å². The van der Waals surface area contributed by atoms with Crippen LogP contribution in [-0.4, -0.2) is 27.4 Å². The van der Waals surface area contributed by atoms with Crippen molar-refractivity contribution in [3.63, 3.8) is 0 Å². The van der Waals surface area contributed by atoms with Gasteiger partial charge in [-0.3, -0.25) is 9.59 Å². The second-order valence-electron chi connectivity index (χ2n) is 5.36. The molecule has 2 N–H and O–H groups in total. The van der Waals surface area contributed by atoms with E-state index < -0.39 is 0 Å². The number of anilines is 1. The molecule has 2 aromatic rings. The highest BCUT2D eigenvalue weighted by atomic mass is 32.1. The maximum Gasteiger partial charge on any atom is 0.269 e. The molecular weight excluding hydrogens is 300 g/mol. The number of carbonyl (C=O) groups excluding carboxylic acids is 2. The molecule has 1 aliphatic carbocycles. The summed E-state index contributed by atoms with van der Waals surface area (Å²) in [6.45, 7) is 1.75. The number of amides is 2. The molecule has 114 valence electrons. The number of carbonyl (C=O) groups is 2. The average molecular weight is 316 g/mol. The maximum atomic E-state index is 12.0. The first-order chi connectivity index (χ1) is 10.6. The summed E-state index contributed by atoms with van der Waals surface area (Å²) in [5.41, 5.74) is 2.23. The van der Waals surface area contributed by atoms with Gasteiger partial charge in [-0.2, -0.15) is 0 Å². The lowest BCUT2D eigenvalue weighted by atomic mass is 10.1. The zero-order chi connectivity index (χ0) is 15.5. The van der Waals surface area contributed by atoms with E-state index >= 15 is 0 Å². The lowest BCUT2D eigenvalue weighted by molar-refractivity contribution is -0.120. The number of hydrogen-bond donors (Lipinski definition) is 2. The Hall–Kier alpha value is -2.28. The lowest BCUT2D eigenvalue weighted by Gasteiger charge is -2.06. The van der Waals surface area contributed by atoms with E-state index in [-0.39, 0.29) is 11.8 Å². The van der Waals surface area contributed by atoms with Gasteiger partial charge in [0.1, 0.15) is 4.88 Å². The molecule has 1 aliphatic rings. The van der Waals surface area contributed by atoms with Gasteiger partial charge in [0.05, 0.1) is 12.1 Å². The van der Waals surface area contributed by atoms with Crippen molar-refractivity contribution < 1.29 is 9.59 Å².